The molecule has 0 aromatic carbocycles. The van der Waals surface area contributed by atoms with Crippen molar-refractivity contribution in [2.45, 2.75) is 51.4 Å². The predicted octanol–water partition coefficient (Wildman–Crippen LogP) is 3.10. The molecule has 2 aliphatic carbocycles. The number of nitrogens with zero attached hydrogens (tertiary/aromatic N) is 1. The van der Waals surface area contributed by atoms with Crippen molar-refractivity contribution < 1.29 is 4.74 Å². The van der Waals surface area contributed by atoms with Crippen molar-refractivity contribution in [3.63, 3.8) is 0 Å². The van der Waals surface area contributed by atoms with E-state index in [1.165, 1.54) is 24.8 Å². The molecule has 1 saturated carbocycles. The maximum atomic E-state index is 9.41. The van der Waals surface area contributed by atoms with Crippen LogP contribution in [0.15, 0.2) is 22.8 Å². The molecule has 0 saturated heterocycles. The van der Waals surface area contributed by atoms with E-state index in [0.29, 0.717) is 11.5 Å². The summed E-state index contributed by atoms with van der Waals surface area (Å²) in [6, 6.07) is 2.32. The van der Waals surface area contributed by atoms with Crippen LogP contribution in [0.4, 0.5) is 0 Å². The highest BCUT2D eigenvalue weighted by molar-refractivity contribution is 5.45. The third kappa shape index (κ3) is 1.40. The molecular formula is C14H18N2O. The maximum Gasteiger partial charge on any atom is 0.205 e. The summed E-state index contributed by atoms with van der Waals surface area (Å²) in [5.74, 6) is 1.44. The maximum absolute atomic E-state index is 9.41. The summed E-state index contributed by atoms with van der Waals surface area (Å²) in [7, 11) is 0. The van der Waals surface area contributed by atoms with Crippen LogP contribution in [0.25, 0.3) is 0 Å². The van der Waals surface area contributed by atoms with Crippen LogP contribution in [0.3, 0.4) is 0 Å². The molecule has 1 aliphatic heterocycles. The van der Waals surface area contributed by atoms with Gasteiger partial charge in [0.15, 0.2) is 0 Å². The molecule has 1 heterocycles. The van der Waals surface area contributed by atoms with Gasteiger partial charge in [-0.05, 0) is 31.3 Å². The van der Waals surface area contributed by atoms with Crippen molar-refractivity contribution >= 4 is 0 Å². The minimum Gasteiger partial charge on any atom is -0.445 e. The summed E-state index contributed by atoms with van der Waals surface area (Å²) >= 11 is 0. The Morgan fingerprint density at radius 3 is 2.59 bits per heavy atom. The molecule has 0 aromatic heterocycles. The lowest BCUT2D eigenvalue weighted by Gasteiger charge is -2.41. The van der Waals surface area contributed by atoms with E-state index in [1.807, 2.05) is 0 Å². The standard InChI is InChI=1S/C14H18N2O/c15-9-11-13(16)17-12-6-4-5-10(12)14(11)7-2-1-3-8-14/h1-8,16H2. The first kappa shape index (κ1) is 10.7. The Balaban J connectivity index is 2.11. The molecule has 90 valence electrons. The molecule has 3 rings (SSSR count). The Morgan fingerprint density at radius 1 is 1.12 bits per heavy atom. The largest absolute Gasteiger partial charge is 0.445 e. The molecular weight excluding hydrogens is 212 g/mol. The van der Waals surface area contributed by atoms with Crippen LogP contribution in [0.2, 0.25) is 0 Å². The van der Waals surface area contributed by atoms with Crippen molar-refractivity contribution in [3.05, 3.63) is 22.8 Å². The number of nitriles is 1. The van der Waals surface area contributed by atoms with Crippen molar-refractivity contribution in [2.24, 2.45) is 11.1 Å². The molecule has 0 atom stereocenters. The fourth-order valence-corrected chi connectivity index (χ4v) is 3.77. The first-order valence-corrected chi connectivity index (χ1v) is 6.58. The molecule has 0 amide bonds. The Bertz CT molecular complexity index is 447. The van der Waals surface area contributed by atoms with Gasteiger partial charge in [-0.25, -0.2) is 0 Å². The van der Waals surface area contributed by atoms with Gasteiger partial charge in [-0.15, -0.1) is 0 Å². The second-order valence-electron chi connectivity index (χ2n) is 5.35. The fraction of sp³-hybridized carbons (Fsp3) is 0.643. The quantitative estimate of drug-likeness (QED) is 0.695. The summed E-state index contributed by atoms with van der Waals surface area (Å²) in [4.78, 5) is 0. The Labute approximate surface area is 102 Å². The Hall–Kier alpha value is -1.43. The number of allylic oxidation sites excluding steroid dienone is 3. The summed E-state index contributed by atoms with van der Waals surface area (Å²) < 4.78 is 5.66. The topological polar surface area (TPSA) is 59.0 Å². The average Bonchev–Trinajstić information content (AvgIpc) is 2.79. The molecule has 1 spiro atoms. The fourth-order valence-electron chi connectivity index (χ4n) is 3.77. The average molecular weight is 230 g/mol. The molecule has 17 heavy (non-hydrogen) atoms. The lowest BCUT2D eigenvalue weighted by molar-refractivity contribution is 0.208. The minimum absolute atomic E-state index is 0.0544. The summed E-state index contributed by atoms with van der Waals surface area (Å²) in [5, 5.41) is 9.41. The zero-order valence-electron chi connectivity index (χ0n) is 10.1. The molecule has 1 fully saturated rings. The second kappa shape index (κ2) is 3.80. The van der Waals surface area contributed by atoms with Crippen molar-refractivity contribution in [1.29, 1.82) is 5.26 Å². The first-order chi connectivity index (χ1) is 8.28. The molecule has 0 radical (unpaired) electrons. The normalized spacial score (nSPS) is 26.8. The molecule has 3 nitrogen and oxygen atoms in total. The number of rotatable bonds is 0. The summed E-state index contributed by atoms with van der Waals surface area (Å²) in [6.07, 6.45) is 9.09. The van der Waals surface area contributed by atoms with Gasteiger partial charge in [-0.3, -0.25) is 0 Å². The third-order valence-electron chi connectivity index (χ3n) is 4.52. The Morgan fingerprint density at radius 2 is 1.88 bits per heavy atom. The van der Waals surface area contributed by atoms with E-state index in [0.717, 1.165) is 37.9 Å². The van der Waals surface area contributed by atoms with Gasteiger partial charge >= 0.3 is 0 Å². The van der Waals surface area contributed by atoms with E-state index in [9.17, 15) is 5.26 Å². The van der Waals surface area contributed by atoms with Crippen LogP contribution in [0.5, 0.6) is 0 Å². The summed E-state index contributed by atoms with van der Waals surface area (Å²) in [6.45, 7) is 0. The zero-order chi connectivity index (χ0) is 11.9. The number of ether oxygens (including phenoxy) is 1. The van der Waals surface area contributed by atoms with Gasteiger partial charge in [-0.1, -0.05) is 19.3 Å². The number of nitrogens with two attached hydrogens (primary N) is 1. The van der Waals surface area contributed by atoms with Gasteiger partial charge in [0.2, 0.25) is 5.88 Å². The zero-order valence-corrected chi connectivity index (χ0v) is 10.1. The number of hydrogen-bond donors (Lipinski definition) is 1. The molecule has 3 aliphatic rings. The van der Waals surface area contributed by atoms with Gasteiger partial charge in [-0.2, -0.15) is 5.26 Å². The van der Waals surface area contributed by atoms with E-state index >= 15 is 0 Å². The SMILES string of the molecule is N#CC1=C(N)OC2=C(CCC2)C12CCCCC2. The highest BCUT2D eigenvalue weighted by atomic mass is 16.5. The lowest BCUT2D eigenvalue weighted by atomic mass is 9.64. The Kier molecular flexibility index (Phi) is 2.39. The second-order valence-corrected chi connectivity index (χ2v) is 5.35. The van der Waals surface area contributed by atoms with Crippen LogP contribution in [0, 0.1) is 16.7 Å². The third-order valence-corrected chi connectivity index (χ3v) is 4.52. The smallest absolute Gasteiger partial charge is 0.205 e. The van der Waals surface area contributed by atoms with Gasteiger partial charge < -0.3 is 10.5 Å². The van der Waals surface area contributed by atoms with Gasteiger partial charge in [0.1, 0.15) is 11.8 Å². The van der Waals surface area contributed by atoms with Crippen molar-refractivity contribution in [3.8, 4) is 6.07 Å². The molecule has 3 heteroatoms. The van der Waals surface area contributed by atoms with E-state index in [-0.39, 0.29) is 5.41 Å². The molecule has 2 N–H and O–H groups in total. The van der Waals surface area contributed by atoms with E-state index in [4.69, 9.17) is 10.5 Å². The number of fused-ring (bicyclic) bond motifs is 1. The van der Waals surface area contributed by atoms with Gasteiger partial charge in [0.25, 0.3) is 0 Å². The summed E-state index contributed by atoms with van der Waals surface area (Å²) in [5.41, 5.74) is 8.00. The van der Waals surface area contributed by atoms with E-state index in [2.05, 4.69) is 6.07 Å². The number of hydrogen-bond acceptors (Lipinski definition) is 3. The minimum atomic E-state index is -0.0544. The lowest BCUT2D eigenvalue weighted by Crippen LogP contribution is -2.34. The monoisotopic (exact) mass is 230 g/mol. The molecule has 0 aromatic rings. The van der Waals surface area contributed by atoms with Crippen LogP contribution in [0.1, 0.15) is 51.4 Å². The highest BCUT2D eigenvalue weighted by Gasteiger charge is 2.47. The highest BCUT2D eigenvalue weighted by Crippen LogP contribution is 2.55. The van der Waals surface area contributed by atoms with Crippen LogP contribution < -0.4 is 5.73 Å². The van der Waals surface area contributed by atoms with Gasteiger partial charge in [0.05, 0.1) is 5.57 Å². The van der Waals surface area contributed by atoms with Crippen LogP contribution in [-0.4, -0.2) is 0 Å². The van der Waals surface area contributed by atoms with Crippen molar-refractivity contribution in [2.75, 3.05) is 0 Å². The van der Waals surface area contributed by atoms with E-state index in [1.54, 1.807) is 0 Å². The van der Waals surface area contributed by atoms with E-state index < -0.39 is 0 Å². The predicted molar refractivity (Wildman–Crippen MR) is 64.3 cm³/mol. The van der Waals surface area contributed by atoms with Crippen molar-refractivity contribution in [1.82, 2.24) is 0 Å². The van der Waals surface area contributed by atoms with Crippen LogP contribution in [-0.2, 0) is 4.74 Å². The first-order valence-electron chi connectivity index (χ1n) is 6.58. The van der Waals surface area contributed by atoms with Gasteiger partial charge in [0, 0.05) is 11.8 Å². The molecule has 0 bridgehead atoms. The van der Waals surface area contributed by atoms with Crippen LogP contribution >= 0.6 is 0 Å². The molecule has 0 unspecified atom stereocenters.